The molecule has 18 heavy (non-hydrogen) atoms. The van der Waals surface area contributed by atoms with Crippen LogP contribution in [-0.2, 0) is 0 Å². The molecule has 0 aliphatic heterocycles. The van der Waals surface area contributed by atoms with E-state index in [-0.39, 0.29) is 5.56 Å². The Balaban J connectivity index is 2.19. The van der Waals surface area contributed by atoms with Gasteiger partial charge < -0.3 is 5.32 Å². The number of hydrogen-bond donors (Lipinski definition) is 1. The van der Waals surface area contributed by atoms with Gasteiger partial charge in [-0.05, 0) is 36.4 Å². The molecule has 0 aliphatic rings. The van der Waals surface area contributed by atoms with Gasteiger partial charge in [0.1, 0.15) is 17.5 Å². The minimum absolute atomic E-state index is 0.142. The zero-order valence-electron chi connectivity index (χ0n) is 9.08. The van der Waals surface area contributed by atoms with Gasteiger partial charge in [0.15, 0.2) is 0 Å². The second-order valence-corrected chi connectivity index (χ2v) is 3.62. The zero-order chi connectivity index (χ0) is 13.1. The molecule has 2 rings (SSSR count). The summed E-state index contributed by atoms with van der Waals surface area (Å²) in [6.07, 6.45) is 0. The molecule has 0 radical (unpaired) electrons. The molecule has 0 saturated carbocycles. The van der Waals surface area contributed by atoms with E-state index in [2.05, 4.69) is 5.32 Å². The van der Waals surface area contributed by atoms with Gasteiger partial charge >= 0.3 is 0 Å². The first-order valence-electron chi connectivity index (χ1n) is 5.07. The molecule has 0 aromatic heterocycles. The van der Waals surface area contributed by atoms with Crippen LogP contribution in [0.25, 0.3) is 0 Å². The van der Waals surface area contributed by atoms with Gasteiger partial charge in [0.05, 0.1) is 0 Å². The molecule has 0 spiro atoms. The van der Waals surface area contributed by atoms with Crippen LogP contribution in [-0.4, -0.2) is 5.91 Å². The minimum Gasteiger partial charge on any atom is -0.322 e. The van der Waals surface area contributed by atoms with Crippen molar-refractivity contribution in [1.82, 2.24) is 0 Å². The summed E-state index contributed by atoms with van der Waals surface area (Å²) in [5.74, 6) is -2.77. The Morgan fingerprint density at radius 3 is 1.94 bits per heavy atom. The van der Waals surface area contributed by atoms with Gasteiger partial charge in [0.25, 0.3) is 5.91 Å². The molecular weight excluding hydrogens is 243 g/mol. The van der Waals surface area contributed by atoms with Gasteiger partial charge in [-0.25, -0.2) is 13.2 Å². The third kappa shape index (κ3) is 2.88. The number of benzene rings is 2. The summed E-state index contributed by atoms with van der Waals surface area (Å²) in [6, 6.07) is 7.55. The fourth-order valence-electron chi connectivity index (χ4n) is 1.42. The van der Waals surface area contributed by atoms with Crippen molar-refractivity contribution in [3.63, 3.8) is 0 Å². The predicted molar refractivity (Wildman–Crippen MR) is 60.7 cm³/mol. The summed E-state index contributed by atoms with van der Waals surface area (Å²) >= 11 is 0. The molecule has 0 heterocycles. The third-order valence-electron chi connectivity index (χ3n) is 2.23. The molecule has 2 aromatic carbocycles. The summed E-state index contributed by atoms with van der Waals surface area (Å²) in [4.78, 5) is 11.7. The molecule has 2 aromatic rings. The first kappa shape index (κ1) is 12.2. The lowest BCUT2D eigenvalue weighted by molar-refractivity contribution is 0.102. The number of halogens is 3. The van der Waals surface area contributed by atoms with Crippen molar-refractivity contribution < 1.29 is 18.0 Å². The van der Waals surface area contributed by atoms with Crippen LogP contribution in [0.4, 0.5) is 18.9 Å². The van der Waals surface area contributed by atoms with Crippen molar-refractivity contribution in [3.8, 4) is 0 Å². The van der Waals surface area contributed by atoms with Gasteiger partial charge in [0, 0.05) is 17.3 Å². The second kappa shape index (κ2) is 4.91. The van der Waals surface area contributed by atoms with Gasteiger partial charge in [0.2, 0.25) is 0 Å². The smallest absolute Gasteiger partial charge is 0.255 e. The number of amides is 1. The van der Waals surface area contributed by atoms with Crippen LogP contribution in [0, 0.1) is 17.5 Å². The van der Waals surface area contributed by atoms with E-state index in [4.69, 9.17) is 0 Å². The SMILES string of the molecule is O=C(Nc1ccc(F)cc1)c1cc(F)cc(F)c1. The van der Waals surface area contributed by atoms with E-state index < -0.39 is 23.4 Å². The van der Waals surface area contributed by atoms with Gasteiger partial charge in [-0.15, -0.1) is 0 Å². The number of carbonyl (C=O) groups is 1. The van der Waals surface area contributed by atoms with E-state index in [0.29, 0.717) is 11.8 Å². The number of nitrogens with one attached hydrogen (secondary N) is 1. The minimum atomic E-state index is -0.834. The van der Waals surface area contributed by atoms with Crippen molar-refractivity contribution in [2.45, 2.75) is 0 Å². The molecule has 5 heteroatoms. The van der Waals surface area contributed by atoms with E-state index in [0.717, 1.165) is 12.1 Å². The first-order chi connectivity index (χ1) is 8.54. The summed E-state index contributed by atoms with van der Waals surface area (Å²) < 4.78 is 38.5. The van der Waals surface area contributed by atoms with E-state index in [1.54, 1.807) is 0 Å². The van der Waals surface area contributed by atoms with Gasteiger partial charge in [-0.3, -0.25) is 4.79 Å². The predicted octanol–water partition coefficient (Wildman–Crippen LogP) is 3.36. The van der Waals surface area contributed by atoms with Crippen molar-refractivity contribution in [3.05, 3.63) is 65.5 Å². The first-order valence-corrected chi connectivity index (χ1v) is 5.07. The average Bonchev–Trinajstić information content (AvgIpc) is 2.31. The highest BCUT2D eigenvalue weighted by molar-refractivity contribution is 6.04. The van der Waals surface area contributed by atoms with Crippen LogP contribution in [0.3, 0.4) is 0 Å². The Hall–Kier alpha value is -2.30. The summed E-state index contributed by atoms with van der Waals surface area (Å²) in [5, 5.41) is 2.40. The van der Waals surface area contributed by atoms with Crippen molar-refractivity contribution in [1.29, 1.82) is 0 Å². The van der Waals surface area contributed by atoms with Gasteiger partial charge in [-0.2, -0.15) is 0 Å². The van der Waals surface area contributed by atoms with Crippen molar-refractivity contribution >= 4 is 11.6 Å². The quantitative estimate of drug-likeness (QED) is 0.871. The standard InChI is InChI=1S/C13H8F3NO/c14-9-1-3-12(4-2-9)17-13(18)8-5-10(15)7-11(16)6-8/h1-7H,(H,17,18). The lowest BCUT2D eigenvalue weighted by Gasteiger charge is -2.05. The third-order valence-corrected chi connectivity index (χ3v) is 2.23. The summed E-state index contributed by atoms with van der Waals surface area (Å²) in [7, 11) is 0. The number of hydrogen-bond acceptors (Lipinski definition) is 1. The Morgan fingerprint density at radius 2 is 1.39 bits per heavy atom. The summed E-state index contributed by atoms with van der Waals surface area (Å²) in [5.41, 5.74) is 0.197. The summed E-state index contributed by atoms with van der Waals surface area (Å²) in [6.45, 7) is 0. The van der Waals surface area contributed by atoms with Crippen molar-refractivity contribution in [2.24, 2.45) is 0 Å². The number of rotatable bonds is 2. The van der Waals surface area contributed by atoms with E-state index in [9.17, 15) is 18.0 Å². The molecule has 2 nitrogen and oxygen atoms in total. The van der Waals surface area contributed by atoms with Crippen LogP contribution < -0.4 is 5.32 Å². The Bertz CT molecular complexity index is 561. The van der Waals surface area contributed by atoms with Crippen LogP contribution in [0.1, 0.15) is 10.4 Å². The lowest BCUT2D eigenvalue weighted by Crippen LogP contribution is -2.12. The molecule has 0 saturated heterocycles. The zero-order valence-corrected chi connectivity index (χ0v) is 9.08. The highest BCUT2D eigenvalue weighted by Gasteiger charge is 2.09. The Kier molecular flexibility index (Phi) is 3.32. The molecule has 0 bridgehead atoms. The molecule has 1 amide bonds. The second-order valence-electron chi connectivity index (χ2n) is 3.62. The fraction of sp³-hybridized carbons (Fsp3) is 0. The monoisotopic (exact) mass is 251 g/mol. The Labute approximate surface area is 101 Å². The maximum absolute atomic E-state index is 12.9. The number of anilines is 1. The lowest BCUT2D eigenvalue weighted by atomic mass is 10.2. The molecule has 0 aliphatic carbocycles. The average molecular weight is 251 g/mol. The molecular formula is C13H8F3NO. The van der Waals surface area contributed by atoms with Crippen molar-refractivity contribution in [2.75, 3.05) is 5.32 Å². The van der Waals surface area contributed by atoms with E-state index in [1.807, 2.05) is 0 Å². The highest BCUT2D eigenvalue weighted by Crippen LogP contribution is 2.12. The molecule has 0 atom stereocenters. The van der Waals surface area contributed by atoms with Crippen LogP contribution in [0.5, 0.6) is 0 Å². The van der Waals surface area contributed by atoms with Gasteiger partial charge in [-0.1, -0.05) is 0 Å². The van der Waals surface area contributed by atoms with E-state index >= 15 is 0 Å². The fourth-order valence-corrected chi connectivity index (χ4v) is 1.42. The number of carbonyl (C=O) groups excluding carboxylic acids is 1. The maximum atomic E-state index is 12.9. The highest BCUT2D eigenvalue weighted by atomic mass is 19.1. The molecule has 1 N–H and O–H groups in total. The Morgan fingerprint density at radius 1 is 0.833 bits per heavy atom. The van der Waals surface area contributed by atoms with Crippen LogP contribution >= 0.6 is 0 Å². The molecule has 0 unspecified atom stereocenters. The largest absolute Gasteiger partial charge is 0.322 e. The molecule has 92 valence electrons. The maximum Gasteiger partial charge on any atom is 0.255 e. The topological polar surface area (TPSA) is 29.1 Å². The van der Waals surface area contributed by atoms with Crippen LogP contribution in [0.15, 0.2) is 42.5 Å². The molecule has 0 fully saturated rings. The normalized spacial score (nSPS) is 10.2. The van der Waals surface area contributed by atoms with E-state index in [1.165, 1.54) is 24.3 Å². The van der Waals surface area contributed by atoms with Crippen LogP contribution in [0.2, 0.25) is 0 Å².